The molecule has 0 amide bonds. The van der Waals surface area contributed by atoms with Gasteiger partial charge in [0.15, 0.2) is 5.75 Å². The molecule has 2 rings (SSSR count). The van der Waals surface area contributed by atoms with Crippen LogP contribution in [0.4, 0.5) is 0 Å². The molecule has 5 nitrogen and oxygen atoms in total. The van der Waals surface area contributed by atoms with Crippen molar-refractivity contribution < 1.29 is 18.6 Å². The molecule has 156 valence electrons. The summed E-state index contributed by atoms with van der Waals surface area (Å²) in [6, 6.07) is 5.37. The topological polar surface area (TPSA) is 57.9 Å². The largest absolute Gasteiger partial charge is 0.492 e. The summed E-state index contributed by atoms with van der Waals surface area (Å²) >= 11 is 0. The molecular weight excluding hydrogens is 356 g/mol. The Morgan fingerprint density at radius 1 is 0.964 bits per heavy atom. The van der Waals surface area contributed by atoms with E-state index in [1.54, 1.807) is 12.1 Å². The van der Waals surface area contributed by atoms with Gasteiger partial charge in [-0.05, 0) is 32.4 Å². The molecule has 0 fully saturated rings. The molecule has 1 aromatic carbocycles. The maximum atomic E-state index is 12.4. The smallest absolute Gasteiger partial charge is 0.383 e. The minimum absolute atomic E-state index is 0.0103. The molecule has 0 atom stereocenters. The lowest BCUT2D eigenvalue weighted by molar-refractivity contribution is 0.243. The molecule has 1 aromatic heterocycles. The number of rotatable bonds is 13. The minimum atomic E-state index is -0.523. The van der Waals surface area contributed by atoms with Crippen molar-refractivity contribution >= 4 is 11.0 Å². The van der Waals surface area contributed by atoms with Crippen LogP contribution in [-0.2, 0) is 0 Å². The van der Waals surface area contributed by atoms with Gasteiger partial charge in [0.25, 0.3) is 0 Å². The van der Waals surface area contributed by atoms with Gasteiger partial charge in [0, 0.05) is 0 Å². The van der Waals surface area contributed by atoms with Gasteiger partial charge < -0.3 is 18.6 Å². The van der Waals surface area contributed by atoms with E-state index in [9.17, 15) is 4.79 Å². The van der Waals surface area contributed by atoms with Gasteiger partial charge in [0.2, 0.25) is 5.75 Å². The second-order valence-corrected chi connectivity index (χ2v) is 7.37. The van der Waals surface area contributed by atoms with Gasteiger partial charge in [-0.2, -0.15) is 0 Å². The molecule has 5 heteroatoms. The molecule has 28 heavy (non-hydrogen) atoms. The van der Waals surface area contributed by atoms with Gasteiger partial charge in [0.1, 0.15) is 16.7 Å². The summed E-state index contributed by atoms with van der Waals surface area (Å²) in [5.74, 6) is 1.12. The van der Waals surface area contributed by atoms with Gasteiger partial charge in [-0.15, -0.1) is 0 Å². The zero-order chi connectivity index (χ0) is 20.4. The molecule has 0 bridgehead atoms. The maximum Gasteiger partial charge on any atom is 0.383 e. The first-order chi connectivity index (χ1) is 13.6. The number of hydrogen-bond donors (Lipinski definition) is 0. The summed E-state index contributed by atoms with van der Waals surface area (Å²) in [5, 5.41) is 0.629. The van der Waals surface area contributed by atoms with Crippen LogP contribution in [0.25, 0.3) is 11.0 Å². The van der Waals surface area contributed by atoms with Gasteiger partial charge in [-0.3, -0.25) is 0 Å². The Hall–Kier alpha value is -2.17. The van der Waals surface area contributed by atoms with Gasteiger partial charge in [-0.25, -0.2) is 4.79 Å². The van der Waals surface area contributed by atoms with Gasteiger partial charge >= 0.3 is 5.63 Å². The molecule has 0 radical (unpaired) electrons. The van der Waals surface area contributed by atoms with E-state index in [1.807, 2.05) is 19.9 Å². The molecular formula is C23H34O5. The molecule has 0 spiro atoms. The third-order valence-corrected chi connectivity index (χ3v) is 4.62. The maximum absolute atomic E-state index is 12.4. The van der Waals surface area contributed by atoms with Crippen LogP contribution in [0.5, 0.6) is 17.2 Å². The third-order valence-electron chi connectivity index (χ3n) is 4.62. The average molecular weight is 391 g/mol. The fourth-order valence-corrected chi connectivity index (χ4v) is 3.25. The zero-order valence-electron chi connectivity index (χ0n) is 17.7. The van der Waals surface area contributed by atoms with Crippen molar-refractivity contribution in [1.82, 2.24) is 0 Å². The summed E-state index contributed by atoms with van der Waals surface area (Å²) in [6.07, 6.45) is 9.66. The number of hydrogen-bond acceptors (Lipinski definition) is 5. The minimum Gasteiger partial charge on any atom is -0.492 e. The highest BCUT2D eigenvalue weighted by Gasteiger charge is 2.20. The first-order valence-electron chi connectivity index (χ1n) is 10.5. The Kier molecular flexibility index (Phi) is 9.18. The first-order valence-corrected chi connectivity index (χ1v) is 10.5. The lowest BCUT2D eigenvalue weighted by atomic mass is 10.1. The highest BCUT2D eigenvalue weighted by molar-refractivity contribution is 5.91. The second kappa shape index (κ2) is 11.6. The first kappa shape index (κ1) is 22.1. The summed E-state index contributed by atoms with van der Waals surface area (Å²) < 4.78 is 22.6. The van der Waals surface area contributed by atoms with E-state index < -0.39 is 5.63 Å². The lowest BCUT2D eigenvalue weighted by Crippen LogP contribution is -2.11. The number of fused-ring (bicyclic) bond motifs is 1. The van der Waals surface area contributed by atoms with Crippen molar-refractivity contribution in [2.24, 2.45) is 0 Å². The summed E-state index contributed by atoms with van der Waals surface area (Å²) in [7, 11) is 1.53. The molecule has 0 aliphatic carbocycles. The van der Waals surface area contributed by atoms with E-state index in [2.05, 4.69) is 6.92 Å². The Bertz CT molecular complexity index is 778. The second-order valence-electron chi connectivity index (χ2n) is 7.37. The quantitative estimate of drug-likeness (QED) is 0.305. The van der Waals surface area contributed by atoms with Crippen LogP contribution < -0.4 is 19.8 Å². The van der Waals surface area contributed by atoms with E-state index in [0.29, 0.717) is 29.1 Å². The standard InChI is InChI=1S/C23H34O5/c1-5-6-7-8-9-10-11-12-16-26-22-21(25-4)20-18(27-17(2)3)14-13-15-19(20)28-23(22)24/h13-15,17H,5-12,16H2,1-4H3. The molecule has 0 saturated heterocycles. The van der Waals surface area contributed by atoms with E-state index in [4.69, 9.17) is 18.6 Å². The summed E-state index contributed by atoms with van der Waals surface area (Å²) in [6.45, 7) is 6.59. The fourth-order valence-electron chi connectivity index (χ4n) is 3.25. The van der Waals surface area contributed by atoms with Crippen LogP contribution in [0.1, 0.15) is 72.1 Å². The van der Waals surface area contributed by atoms with E-state index in [0.717, 1.165) is 12.8 Å². The van der Waals surface area contributed by atoms with Gasteiger partial charge in [0.05, 0.1) is 19.8 Å². The van der Waals surface area contributed by atoms with Crippen molar-refractivity contribution in [3.63, 3.8) is 0 Å². The summed E-state index contributed by atoms with van der Waals surface area (Å²) in [5.41, 5.74) is -0.0926. The van der Waals surface area contributed by atoms with Crippen molar-refractivity contribution in [3.8, 4) is 17.2 Å². The monoisotopic (exact) mass is 390 g/mol. The van der Waals surface area contributed by atoms with Crippen molar-refractivity contribution in [2.45, 2.75) is 78.2 Å². The molecule has 2 aromatic rings. The van der Waals surface area contributed by atoms with E-state index in [1.165, 1.54) is 45.6 Å². The van der Waals surface area contributed by atoms with E-state index >= 15 is 0 Å². The van der Waals surface area contributed by atoms with Crippen LogP contribution in [-0.4, -0.2) is 19.8 Å². The number of ether oxygens (including phenoxy) is 3. The predicted octanol–water partition coefficient (Wildman–Crippen LogP) is 6.11. The number of unbranched alkanes of at least 4 members (excludes halogenated alkanes) is 7. The Morgan fingerprint density at radius 3 is 2.29 bits per heavy atom. The van der Waals surface area contributed by atoms with Crippen LogP contribution in [0.3, 0.4) is 0 Å². The molecule has 1 heterocycles. The van der Waals surface area contributed by atoms with Crippen molar-refractivity contribution in [3.05, 3.63) is 28.6 Å². The third kappa shape index (κ3) is 6.18. The fraction of sp³-hybridized carbons (Fsp3) is 0.609. The van der Waals surface area contributed by atoms with Crippen LogP contribution >= 0.6 is 0 Å². The average Bonchev–Trinajstić information content (AvgIpc) is 2.66. The van der Waals surface area contributed by atoms with Crippen molar-refractivity contribution in [1.29, 1.82) is 0 Å². The van der Waals surface area contributed by atoms with Crippen LogP contribution in [0.2, 0.25) is 0 Å². The molecule has 0 aliphatic rings. The zero-order valence-corrected chi connectivity index (χ0v) is 17.7. The number of methoxy groups -OCH3 is 1. The van der Waals surface area contributed by atoms with Crippen molar-refractivity contribution in [2.75, 3.05) is 13.7 Å². The Morgan fingerprint density at radius 2 is 1.64 bits per heavy atom. The highest BCUT2D eigenvalue weighted by Crippen LogP contribution is 2.39. The Labute approximate surface area is 168 Å². The summed E-state index contributed by atoms with van der Waals surface area (Å²) in [4.78, 5) is 12.4. The Balaban J connectivity index is 2.04. The molecule has 0 unspecified atom stereocenters. The van der Waals surface area contributed by atoms with E-state index in [-0.39, 0.29) is 11.9 Å². The van der Waals surface area contributed by atoms with Gasteiger partial charge in [-0.1, -0.05) is 57.9 Å². The predicted molar refractivity (Wildman–Crippen MR) is 113 cm³/mol. The number of benzene rings is 1. The molecule has 0 N–H and O–H groups in total. The van der Waals surface area contributed by atoms with Crippen LogP contribution in [0, 0.1) is 0 Å². The highest BCUT2D eigenvalue weighted by atomic mass is 16.5. The molecule has 0 aliphatic heterocycles. The molecule has 0 saturated carbocycles. The lowest BCUT2D eigenvalue weighted by Gasteiger charge is -2.16. The SMILES string of the molecule is CCCCCCCCCCOc1c(OC)c2c(OC(C)C)cccc2oc1=O. The normalized spacial score (nSPS) is 11.2. The van der Waals surface area contributed by atoms with Crippen LogP contribution in [0.15, 0.2) is 27.4 Å².